The van der Waals surface area contributed by atoms with E-state index in [4.69, 9.17) is 32.7 Å². The molecule has 0 saturated heterocycles. The van der Waals surface area contributed by atoms with Crippen molar-refractivity contribution in [3.8, 4) is 17.2 Å². The summed E-state index contributed by atoms with van der Waals surface area (Å²) in [6, 6.07) is 6.84. The number of hydrogen-bond donors (Lipinski definition) is 1. The van der Waals surface area contributed by atoms with Gasteiger partial charge in [-0.15, -0.1) is 0 Å². The van der Waals surface area contributed by atoms with Crippen LogP contribution in [0, 0.1) is 0 Å². The number of carbonyl (C=O) groups is 1. The highest BCUT2D eigenvalue weighted by Crippen LogP contribution is 2.35. The van der Waals surface area contributed by atoms with Gasteiger partial charge in [-0.25, -0.2) is 0 Å². The van der Waals surface area contributed by atoms with Crippen LogP contribution in [0.15, 0.2) is 30.3 Å². The molecule has 0 spiro atoms. The van der Waals surface area contributed by atoms with Crippen molar-refractivity contribution >= 4 is 34.8 Å². The Hall–Kier alpha value is -2.25. The van der Waals surface area contributed by atoms with Crippen LogP contribution in [0.25, 0.3) is 0 Å². The minimum absolute atomic E-state index is 0.105. The molecule has 0 radical (unpaired) electrons. The number of halogens is 4. The van der Waals surface area contributed by atoms with Crippen LogP contribution < -0.4 is 19.5 Å². The third kappa shape index (κ3) is 4.64. The van der Waals surface area contributed by atoms with Crippen molar-refractivity contribution in [2.24, 2.45) is 0 Å². The first kappa shape index (κ1) is 19.1. The van der Waals surface area contributed by atoms with E-state index in [1.165, 1.54) is 44.6 Å². The summed E-state index contributed by atoms with van der Waals surface area (Å²) >= 11 is 12.0. The number of hydrogen-bond acceptors (Lipinski definition) is 4. The van der Waals surface area contributed by atoms with Gasteiger partial charge in [0, 0.05) is 17.3 Å². The Balaban J connectivity index is 2.26. The van der Waals surface area contributed by atoms with Crippen molar-refractivity contribution < 1.29 is 27.8 Å². The van der Waals surface area contributed by atoms with E-state index in [1.54, 1.807) is 0 Å². The molecule has 9 heteroatoms. The number of nitrogens with one attached hydrogen (secondary N) is 1. The lowest BCUT2D eigenvalue weighted by atomic mass is 10.2. The molecular formula is C16H13Cl2F2NO4. The average Bonchev–Trinajstić information content (AvgIpc) is 2.54. The SMILES string of the molecule is COc1ccc(NC(=O)c2cc(Cl)c(OC)c(Cl)c2)cc1OC(F)F. The molecule has 5 nitrogen and oxygen atoms in total. The van der Waals surface area contributed by atoms with Gasteiger partial charge in [0.1, 0.15) is 0 Å². The lowest BCUT2D eigenvalue weighted by Crippen LogP contribution is -2.12. The summed E-state index contributed by atoms with van der Waals surface area (Å²) in [5.74, 6) is -0.397. The second kappa shape index (κ2) is 8.22. The molecule has 0 aliphatic heterocycles. The summed E-state index contributed by atoms with van der Waals surface area (Å²) in [6.07, 6.45) is 0. The fraction of sp³-hybridized carbons (Fsp3) is 0.188. The first-order valence-electron chi connectivity index (χ1n) is 6.83. The van der Waals surface area contributed by atoms with E-state index in [0.717, 1.165) is 0 Å². The molecule has 0 unspecified atom stereocenters. The molecule has 0 saturated carbocycles. The van der Waals surface area contributed by atoms with Crippen LogP contribution in [-0.4, -0.2) is 26.7 Å². The Kier molecular flexibility index (Phi) is 6.27. The lowest BCUT2D eigenvalue weighted by Gasteiger charge is -2.13. The third-order valence-corrected chi connectivity index (χ3v) is 3.66. The van der Waals surface area contributed by atoms with Gasteiger partial charge in [0.15, 0.2) is 17.2 Å². The van der Waals surface area contributed by atoms with Gasteiger partial charge >= 0.3 is 6.61 Å². The number of carbonyl (C=O) groups excluding carboxylic acids is 1. The molecule has 0 aromatic heterocycles. The summed E-state index contributed by atoms with van der Waals surface area (Å²) in [6.45, 7) is -3.03. The second-order valence-corrected chi connectivity index (χ2v) is 5.49. The number of benzene rings is 2. The van der Waals surface area contributed by atoms with Crippen LogP contribution in [0.2, 0.25) is 10.0 Å². The molecule has 0 fully saturated rings. The molecule has 0 heterocycles. The summed E-state index contributed by atoms with van der Waals surface area (Å²) in [4.78, 5) is 12.3. The van der Waals surface area contributed by atoms with Crippen molar-refractivity contribution in [2.45, 2.75) is 6.61 Å². The predicted molar refractivity (Wildman–Crippen MR) is 90.6 cm³/mol. The fourth-order valence-electron chi connectivity index (χ4n) is 2.03. The molecule has 134 valence electrons. The monoisotopic (exact) mass is 391 g/mol. The zero-order valence-electron chi connectivity index (χ0n) is 13.1. The Morgan fingerprint density at radius 1 is 1.04 bits per heavy atom. The lowest BCUT2D eigenvalue weighted by molar-refractivity contribution is -0.0511. The fourth-order valence-corrected chi connectivity index (χ4v) is 2.67. The van der Waals surface area contributed by atoms with Crippen LogP contribution in [0.5, 0.6) is 17.2 Å². The second-order valence-electron chi connectivity index (χ2n) is 4.67. The van der Waals surface area contributed by atoms with E-state index in [9.17, 15) is 13.6 Å². The maximum Gasteiger partial charge on any atom is 0.387 e. The van der Waals surface area contributed by atoms with Crippen molar-refractivity contribution in [3.63, 3.8) is 0 Å². The molecular weight excluding hydrogens is 379 g/mol. The average molecular weight is 392 g/mol. The quantitative estimate of drug-likeness (QED) is 0.763. The third-order valence-electron chi connectivity index (χ3n) is 3.10. The van der Waals surface area contributed by atoms with Gasteiger partial charge in [0.2, 0.25) is 0 Å². The van der Waals surface area contributed by atoms with Gasteiger partial charge in [-0.3, -0.25) is 4.79 Å². The zero-order valence-corrected chi connectivity index (χ0v) is 14.6. The first-order chi connectivity index (χ1) is 11.8. The van der Waals surface area contributed by atoms with Crippen LogP contribution in [0.4, 0.5) is 14.5 Å². The number of anilines is 1. The predicted octanol–water partition coefficient (Wildman–Crippen LogP) is 4.86. The zero-order chi connectivity index (χ0) is 18.6. The number of methoxy groups -OCH3 is 2. The molecule has 2 aromatic carbocycles. The van der Waals surface area contributed by atoms with E-state index in [-0.39, 0.29) is 38.5 Å². The Morgan fingerprint density at radius 2 is 1.68 bits per heavy atom. The highest BCUT2D eigenvalue weighted by Gasteiger charge is 2.16. The van der Waals surface area contributed by atoms with E-state index in [0.29, 0.717) is 0 Å². The van der Waals surface area contributed by atoms with Gasteiger partial charge in [-0.1, -0.05) is 23.2 Å². The van der Waals surface area contributed by atoms with Crippen molar-refractivity contribution in [1.82, 2.24) is 0 Å². The summed E-state index contributed by atoms with van der Waals surface area (Å²) in [7, 11) is 2.71. The van der Waals surface area contributed by atoms with Crippen molar-refractivity contribution in [2.75, 3.05) is 19.5 Å². The Bertz CT molecular complexity index is 764. The molecule has 2 rings (SSSR count). The summed E-state index contributed by atoms with van der Waals surface area (Å²) < 4.78 is 39.2. The molecule has 25 heavy (non-hydrogen) atoms. The number of alkyl halides is 2. The topological polar surface area (TPSA) is 56.8 Å². The minimum atomic E-state index is -3.03. The standard InChI is InChI=1S/C16H13Cl2F2NO4/c1-23-12-4-3-9(7-13(12)25-16(19)20)21-15(22)8-5-10(17)14(24-2)11(18)6-8/h3-7,16H,1-2H3,(H,21,22). The van der Waals surface area contributed by atoms with Gasteiger partial charge in [0.25, 0.3) is 5.91 Å². The van der Waals surface area contributed by atoms with Crippen molar-refractivity contribution in [1.29, 1.82) is 0 Å². The highest BCUT2D eigenvalue weighted by molar-refractivity contribution is 6.37. The van der Waals surface area contributed by atoms with E-state index >= 15 is 0 Å². The number of amides is 1. The minimum Gasteiger partial charge on any atom is -0.494 e. The normalized spacial score (nSPS) is 10.5. The van der Waals surface area contributed by atoms with Crippen LogP contribution in [-0.2, 0) is 0 Å². The van der Waals surface area contributed by atoms with Crippen LogP contribution in [0.3, 0.4) is 0 Å². The van der Waals surface area contributed by atoms with Gasteiger partial charge in [-0.2, -0.15) is 8.78 Å². The molecule has 1 N–H and O–H groups in total. The molecule has 1 amide bonds. The maximum absolute atomic E-state index is 12.4. The highest BCUT2D eigenvalue weighted by atomic mass is 35.5. The van der Waals surface area contributed by atoms with E-state index in [2.05, 4.69) is 10.1 Å². The number of ether oxygens (including phenoxy) is 3. The smallest absolute Gasteiger partial charge is 0.387 e. The van der Waals surface area contributed by atoms with Crippen LogP contribution in [0.1, 0.15) is 10.4 Å². The largest absolute Gasteiger partial charge is 0.494 e. The number of rotatable bonds is 6. The van der Waals surface area contributed by atoms with E-state index in [1.807, 2.05) is 0 Å². The van der Waals surface area contributed by atoms with E-state index < -0.39 is 12.5 Å². The van der Waals surface area contributed by atoms with Gasteiger partial charge in [-0.05, 0) is 24.3 Å². The van der Waals surface area contributed by atoms with Gasteiger partial charge in [0.05, 0.1) is 24.3 Å². The van der Waals surface area contributed by atoms with Gasteiger partial charge < -0.3 is 19.5 Å². The molecule has 0 aliphatic carbocycles. The van der Waals surface area contributed by atoms with Crippen molar-refractivity contribution in [3.05, 3.63) is 45.9 Å². The maximum atomic E-state index is 12.4. The Labute approximate surface area is 152 Å². The molecule has 0 atom stereocenters. The summed E-state index contributed by atoms with van der Waals surface area (Å²) in [5, 5.41) is 2.86. The molecule has 2 aromatic rings. The van der Waals surface area contributed by atoms with Crippen LogP contribution >= 0.6 is 23.2 Å². The summed E-state index contributed by atoms with van der Waals surface area (Å²) in [5.41, 5.74) is 0.396. The molecule has 0 bridgehead atoms. The Morgan fingerprint density at radius 3 is 2.20 bits per heavy atom. The first-order valence-corrected chi connectivity index (χ1v) is 7.58. The molecule has 0 aliphatic rings.